The smallest absolute Gasteiger partial charge is 0.349 e. The van der Waals surface area contributed by atoms with Crippen LogP contribution in [0.1, 0.15) is 41.6 Å². The summed E-state index contributed by atoms with van der Waals surface area (Å²) in [6.07, 6.45) is -2.47. The highest BCUT2D eigenvalue weighted by Gasteiger charge is 2.40. The summed E-state index contributed by atoms with van der Waals surface area (Å²) in [6.45, 7) is -0.125. The molecule has 0 unspecified atom stereocenters. The van der Waals surface area contributed by atoms with Gasteiger partial charge in [-0.15, -0.1) is 0 Å². The van der Waals surface area contributed by atoms with Crippen molar-refractivity contribution in [3.05, 3.63) is 59.7 Å². The number of anilines is 1. The Hall–Kier alpha value is -2.92. The van der Waals surface area contributed by atoms with Gasteiger partial charge in [-0.3, -0.25) is 9.59 Å². The predicted molar refractivity (Wildman–Crippen MR) is 118 cm³/mol. The van der Waals surface area contributed by atoms with Gasteiger partial charge in [0.25, 0.3) is 5.91 Å². The van der Waals surface area contributed by atoms with E-state index in [0.29, 0.717) is 11.3 Å². The molecule has 2 aromatic carbocycles. The molecule has 0 aromatic heterocycles. The van der Waals surface area contributed by atoms with Crippen LogP contribution >= 0.6 is 0 Å². The summed E-state index contributed by atoms with van der Waals surface area (Å²) in [5.41, 5.74) is -0.214. The van der Waals surface area contributed by atoms with Crippen LogP contribution in [0.5, 0.6) is 0 Å². The standard InChI is InChI=1S/C23H24F3N3O4S/c24-23(25,26)19-3-1-2-4-20(19)34(32,33)29-13-11-16(12-14-29)22(31)27-17-7-5-15(6-8-17)21(30)28-18-9-10-18/h1-8,16,18H,9-14H2,(H,27,31)(H,28,30). The molecule has 7 nitrogen and oxygen atoms in total. The maximum Gasteiger partial charge on any atom is 0.417 e. The molecule has 1 saturated carbocycles. The molecule has 2 aromatic rings. The molecule has 2 fully saturated rings. The topological polar surface area (TPSA) is 95.6 Å². The highest BCUT2D eigenvalue weighted by atomic mass is 32.2. The number of sulfonamides is 1. The Morgan fingerprint density at radius 3 is 2.12 bits per heavy atom. The van der Waals surface area contributed by atoms with E-state index in [0.717, 1.165) is 35.3 Å². The number of nitrogens with zero attached hydrogens (tertiary/aromatic N) is 1. The van der Waals surface area contributed by atoms with E-state index in [2.05, 4.69) is 10.6 Å². The van der Waals surface area contributed by atoms with E-state index in [9.17, 15) is 31.2 Å². The quantitative estimate of drug-likeness (QED) is 0.640. The van der Waals surface area contributed by atoms with Gasteiger partial charge in [0, 0.05) is 36.3 Å². The fourth-order valence-electron chi connectivity index (χ4n) is 3.87. The van der Waals surface area contributed by atoms with Crippen LogP contribution in [0.3, 0.4) is 0 Å². The number of halogens is 3. The second-order valence-electron chi connectivity index (χ2n) is 8.49. The van der Waals surface area contributed by atoms with Gasteiger partial charge >= 0.3 is 6.18 Å². The zero-order valence-corrected chi connectivity index (χ0v) is 19.0. The molecule has 0 atom stereocenters. The summed E-state index contributed by atoms with van der Waals surface area (Å²) >= 11 is 0. The zero-order chi connectivity index (χ0) is 24.5. The molecular formula is C23H24F3N3O4S. The summed E-state index contributed by atoms with van der Waals surface area (Å²) < 4.78 is 66.6. The van der Waals surface area contributed by atoms with Crippen LogP contribution in [0.25, 0.3) is 0 Å². The molecule has 182 valence electrons. The fourth-order valence-corrected chi connectivity index (χ4v) is 5.55. The number of benzene rings is 2. The summed E-state index contributed by atoms with van der Waals surface area (Å²) in [7, 11) is -4.36. The van der Waals surface area contributed by atoms with E-state index in [1.807, 2.05) is 0 Å². The molecule has 2 N–H and O–H groups in total. The van der Waals surface area contributed by atoms with Crippen molar-refractivity contribution in [2.75, 3.05) is 18.4 Å². The van der Waals surface area contributed by atoms with Crippen molar-refractivity contribution in [2.24, 2.45) is 5.92 Å². The molecule has 1 aliphatic heterocycles. The number of rotatable bonds is 6. The first kappa shape index (κ1) is 24.2. The second kappa shape index (κ2) is 9.38. The third-order valence-electron chi connectivity index (χ3n) is 5.96. The zero-order valence-electron chi connectivity index (χ0n) is 18.1. The van der Waals surface area contributed by atoms with Crippen LogP contribution < -0.4 is 10.6 Å². The first-order chi connectivity index (χ1) is 16.1. The number of alkyl halides is 3. The Kier molecular flexibility index (Phi) is 6.68. The van der Waals surface area contributed by atoms with Crippen LogP contribution in [-0.4, -0.2) is 43.7 Å². The minimum atomic E-state index is -4.80. The largest absolute Gasteiger partial charge is 0.417 e. The van der Waals surface area contributed by atoms with Gasteiger partial charge < -0.3 is 10.6 Å². The van der Waals surface area contributed by atoms with Gasteiger partial charge in [0.05, 0.1) is 10.5 Å². The minimum Gasteiger partial charge on any atom is -0.349 e. The van der Waals surface area contributed by atoms with Crippen molar-refractivity contribution >= 4 is 27.5 Å². The molecule has 34 heavy (non-hydrogen) atoms. The van der Waals surface area contributed by atoms with Crippen molar-refractivity contribution in [2.45, 2.75) is 42.8 Å². The summed E-state index contributed by atoms with van der Waals surface area (Å²) in [5.74, 6) is -0.953. The SMILES string of the molecule is O=C(NC1CC1)c1ccc(NC(=O)C2CCN(S(=O)(=O)c3ccccc3C(F)(F)F)CC2)cc1. The molecule has 1 saturated heterocycles. The van der Waals surface area contributed by atoms with Gasteiger partial charge in [0.2, 0.25) is 15.9 Å². The van der Waals surface area contributed by atoms with E-state index < -0.39 is 32.6 Å². The molecule has 0 bridgehead atoms. The highest BCUT2D eigenvalue weighted by Crippen LogP contribution is 2.36. The fraction of sp³-hybridized carbons (Fsp3) is 0.391. The van der Waals surface area contributed by atoms with E-state index >= 15 is 0 Å². The minimum absolute atomic E-state index is 0.0626. The number of carbonyl (C=O) groups is 2. The van der Waals surface area contributed by atoms with Crippen molar-refractivity contribution in [1.29, 1.82) is 0 Å². The van der Waals surface area contributed by atoms with Crippen LogP contribution in [0.15, 0.2) is 53.4 Å². The monoisotopic (exact) mass is 495 g/mol. The van der Waals surface area contributed by atoms with Gasteiger partial charge in [0.1, 0.15) is 0 Å². The maximum absolute atomic E-state index is 13.3. The number of carbonyl (C=O) groups excluding carboxylic acids is 2. The van der Waals surface area contributed by atoms with Crippen molar-refractivity contribution < 1.29 is 31.2 Å². The van der Waals surface area contributed by atoms with Crippen molar-refractivity contribution in [1.82, 2.24) is 9.62 Å². The van der Waals surface area contributed by atoms with Crippen molar-refractivity contribution in [3.63, 3.8) is 0 Å². The molecular weight excluding hydrogens is 471 g/mol. The third kappa shape index (κ3) is 5.41. The van der Waals surface area contributed by atoms with E-state index in [1.165, 1.54) is 6.07 Å². The normalized spacial score (nSPS) is 17.9. The molecule has 0 spiro atoms. The van der Waals surface area contributed by atoms with Crippen LogP contribution in [-0.2, 0) is 21.0 Å². The Morgan fingerprint density at radius 1 is 0.912 bits per heavy atom. The summed E-state index contributed by atoms with van der Waals surface area (Å²) in [6, 6.07) is 10.8. The molecule has 2 aliphatic rings. The molecule has 11 heteroatoms. The Balaban J connectivity index is 1.35. The average molecular weight is 496 g/mol. The summed E-state index contributed by atoms with van der Waals surface area (Å²) in [5, 5.41) is 5.64. The van der Waals surface area contributed by atoms with E-state index in [-0.39, 0.29) is 43.8 Å². The molecule has 2 amide bonds. The predicted octanol–water partition coefficient (Wildman–Crippen LogP) is 3.64. The van der Waals surface area contributed by atoms with Crippen LogP contribution in [0, 0.1) is 5.92 Å². The van der Waals surface area contributed by atoms with E-state index in [4.69, 9.17) is 0 Å². The van der Waals surface area contributed by atoms with Crippen molar-refractivity contribution in [3.8, 4) is 0 Å². The number of hydrogen-bond acceptors (Lipinski definition) is 4. The molecule has 0 radical (unpaired) electrons. The molecule has 1 aliphatic carbocycles. The lowest BCUT2D eigenvalue weighted by Gasteiger charge is -2.31. The lowest BCUT2D eigenvalue weighted by Crippen LogP contribution is -2.41. The third-order valence-corrected chi connectivity index (χ3v) is 7.92. The first-order valence-corrected chi connectivity index (χ1v) is 12.4. The lowest BCUT2D eigenvalue weighted by atomic mass is 9.97. The Labute approximate surface area is 195 Å². The van der Waals surface area contributed by atoms with Gasteiger partial charge in [-0.2, -0.15) is 17.5 Å². The number of nitrogens with one attached hydrogen (secondary N) is 2. The van der Waals surface area contributed by atoms with Gasteiger partial charge in [-0.05, 0) is 62.1 Å². The average Bonchev–Trinajstić information content (AvgIpc) is 3.63. The van der Waals surface area contributed by atoms with Gasteiger partial charge in [0.15, 0.2) is 0 Å². The highest BCUT2D eigenvalue weighted by molar-refractivity contribution is 7.89. The van der Waals surface area contributed by atoms with Crippen LogP contribution in [0.4, 0.5) is 18.9 Å². The molecule has 4 rings (SSSR count). The molecule has 1 heterocycles. The maximum atomic E-state index is 13.3. The van der Waals surface area contributed by atoms with Gasteiger partial charge in [-0.1, -0.05) is 12.1 Å². The summed E-state index contributed by atoms with van der Waals surface area (Å²) in [4.78, 5) is 23.9. The van der Waals surface area contributed by atoms with E-state index in [1.54, 1.807) is 24.3 Å². The number of piperidine rings is 1. The Bertz CT molecular complexity index is 1170. The Morgan fingerprint density at radius 2 is 1.53 bits per heavy atom. The number of amides is 2. The lowest BCUT2D eigenvalue weighted by molar-refractivity contribution is -0.139. The first-order valence-electron chi connectivity index (χ1n) is 10.9. The van der Waals surface area contributed by atoms with Gasteiger partial charge in [-0.25, -0.2) is 8.42 Å². The number of hydrogen-bond donors (Lipinski definition) is 2. The van der Waals surface area contributed by atoms with Crippen LogP contribution in [0.2, 0.25) is 0 Å². The second-order valence-corrected chi connectivity index (χ2v) is 10.4.